The third-order valence-corrected chi connectivity index (χ3v) is 4.33. The monoisotopic (exact) mass is 246 g/mol. The molecule has 1 unspecified atom stereocenters. The predicted octanol–water partition coefficient (Wildman–Crippen LogP) is 3.33. The Balaban J connectivity index is 2.08. The molecule has 0 saturated carbocycles. The zero-order valence-corrected chi connectivity index (χ0v) is 12.2. The SMILES string of the molecule is Cc1cc(C)c(C)c(NCC2CCCNC2)c1C. The standard InChI is InChI=1S/C16H26N2/c1-11-8-12(2)14(4)16(13(11)3)18-10-15-6-5-7-17-9-15/h8,15,17-18H,5-7,9-10H2,1-4H3. The number of hydrogen-bond acceptors (Lipinski definition) is 2. The fourth-order valence-corrected chi connectivity index (χ4v) is 2.83. The quantitative estimate of drug-likeness (QED) is 0.855. The Morgan fingerprint density at radius 2 is 1.83 bits per heavy atom. The molecular formula is C16H26N2. The minimum Gasteiger partial charge on any atom is -0.384 e. The maximum absolute atomic E-state index is 3.69. The molecule has 0 bridgehead atoms. The Bertz CT molecular complexity index is 391. The van der Waals surface area contributed by atoms with Crippen molar-refractivity contribution in [1.82, 2.24) is 5.32 Å². The molecule has 1 saturated heterocycles. The van der Waals surface area contributed by atoms with Gasteiger partial charge in [-0.1, -0.05) is 6.07 Å². The van der Waals surface area contributed by atoms with Gasteiger partial charge in [0.15, 0.2) is 0 Å². The highest BCUT2D eigenvalue weighted by atomic mass is 14.9. The summed E-state index contributed by atoms with van der Waals surface area (Å²) in [5, 5.41) is 7.18. The first-order chi connectivity index (χ1) is 8.59. The van der Waals surface area contributed by atoms with Gasteiger partial charge in [-0.3, -0.25) is 0 Å². The fourth-order valence-electron chi connectivity index (χ4n) is 2.83. The van der Waals surface area contributed by atoms with Gasteiger partial charge >= 0.3 is 0 Å². The molecule has 1 aliphatic rings. The van der Waals surface area contributed by atoms with Crippen molar-refractivity contribution in [2.24, 2.45) is 5.92 Å². The van der Waals surface area contributed by atoms with Crippen LogP contribution in [-0.4, -0.2) is 19.6 Å². The molecule has 100 valence electrons. The van der Waals surface area contributed by atoms with Crippen LogP contribution >= 0.6 is 0 Å². The molecule has 0 aliphatic carbocycles. The minimum atomic E-state index is 0.776. The van der Waals surface area contributed by atoms with E-state index in [1.165, 1.54) is 47.3 Å². The first-order valence-corrected chi connectivity index (χ1v) is 7.11. The van der Waals surface area contributed by atoms with Gasteiger partial charge in [0.2, 0.25) is 0 Å². The molecule has 1 fully saturated rings. The summed E-state index contributed by atoms with van der Waals surface area (Å²) in [6.07, 6.45) is 2.67. The fraction of sp³-hybridized carbons (Fsp3) is 0.625. The van der Waals surface area contributed by atoms with Crippen molar-refractivity contribution >= 4 is 5.69 Å². The van der Waals surface area contributed by atoms with Crippen LogP contribution in [0.3, 0.4) is 0 Å². The van der Waals surface area contributed by atoms with Crippen LogP contribution in [0.2, 0.25) is 0 Å². The molecule has 2 heteroatoms. The van der Waals surface area contributed by atoms with Crippen molar-refractivity contribution < 1.29 is 0 Å². The van der Waals surface area contributed by atoms with Crippen LogP contribution in [0.4, 0.5) is 5.69 Å². The van der Waals surface area contributed by atoms with Gasteiger partial charge in [0.1, 0.15) is 0 Å². The molecule has 1 aliphatic heterocycles. The Morgan fingerprint density at radius 3 is 2.39 bits per heavy atom. The predicted molar refractivity (Wildman–Crippen MR) is 79.5 cm³/mol. The summed E-state index contributed by atoms with van der Waals surface area (Å²) in [7, 11) is 0. The second-order valence-electron chi connectivity index (χ2n) is 5.73. The highest BCUT2D eigenvalue weighted by molar-refractivity contribution is 5.62. The lowest BCUT2D eigenvalue weighted by Gasteiger charge is -2.25. The Hall–Kier alpha value is -1.02. The van der Waals surface area contributed by atoms with Gasteiger partial charge in [-0.05, 0) is 81.8 Å². The summed E-state index contributed by atoms with van der Waals surface area (Å²) in [4.78, 5) is 0. The van der Waals surface area contributed by atoms with Crippen LogP contribution < -0.4 is 10.6 Å². The molecule has 1 heterocycles. The maximum Gasteiger partial charge on any atom is 0.0405 e. The summed E-state index contributed by atoms with van der Waals surface area (Å²) >= 11 is 0. The summed E-state index contributed by atoms with van der Waals surface area (Å²) in [5.41, 5.74) is 6.95. The second kappa shape index (κ2) is 5.75. The van der Waals surface area contributed by atoms with Crippen LogP contribution in [0.5, 0.6) is 0 Å². The van der Waals surface area contributed by atoms with Gasteiger partial charge in [0, 0.05) is 12.2 Å². The molecule has 1 aromatic rings. The van der Waals surface area contributed by atoms with Crippen LogP contribution in [-0.2, 0) is 0 Å². The van der Waals surface area contributed by atoms with E-state index in [2.05, 4.69) is 44.4 Å². The van der Waals surface area contributed by atoms with E-state index in [1.54, 1.807) is 0 Å². The maximum atomic E-state index is 3.69. The summed E-state index contributed by atoms with van der Waals surface area (Å²) in [5.74, 6) is 0.776. The van der Waals surface area contributed by atoms with Crippen molar-refractivity contribution in [1.29, 1.82) is 0 Å². The summed E-state index contributed by atoms with van der Waals surface area (Å²) in [6, 6.07) is 2.29. The lowest BCUT2D eigenvalue weighted by Crippen LogP contribution is -2.33. The second-order valence-corrected chi connectivity index (χ2v) is 5.73. The van der Waals surface area contributed by atoms with Gasteiger partial charge < -0.3 is 10.6 Å². The van der Waals surface area contributed by atoms with Crippen LogP contribution in [0.25, 0.3) is 0 Å². The van der Waals surface area contributed by atoms with Crippen molar-refractivity contribution in [2.45, 2.75) is 40.5 Å². The molecular weight excluding hydrogens is 220 g/mol. The molecule has 0 aromatic heterocycles. The largest absolute Gasteiger partial charge is 0.384 e. The smallest absolute Gasteiger partial charge is 0.0405 e. The number of nitrogens with one attached hydrogen (secondary N) is 2. The normalized spacial score (nSPS) is 19.9. The lowest BCUT2D eigenvalue weighted by atomic mass is 9.96. The van der Waals surface area contributed by atoms with E-state index in [4.69, 9.17) is 0 Å². The van der Waals surface area contributed by atoms with Gasteiger partial charge in [-0.15, -0.1) is 0 Å². The molecule has 2 rings (SSSR count). The van der Waals surface area contributed by atoms with Gasteiger partial charge in [0.05, 0.1) is 0 Å². The zero-order chi connectivity index (χ0) is 13.1. The number of benzene rings is 1. The third kappa shape index (κ3) is 2.86. The van der Waals surface area contributed by atoms with E-state index < -0.39 is 0 Å². The van der Waals surface area contributed by atoms with Crippen molar-refractivity contribution in [2.75, 3.05) is 25.0 Å². The van der Waals surface area contributed by atoms with E-state index in [0.29, 0.717) is 0 Å². The highest BCUT2D eigenvalue weighted by Gasteiger charge is 2.14. The molecule has 18 heavy (non-hydrogen) atoms. The first-order valence-electron chi connectivity index (χ1n) is 7.11. The Labute approximate surface area is 111 Å². The van der Waals surface area contributed by atoms with Crippen LogP contribution in [0.1, 0.15) is 35.1 Å². The molecule has 0 radical (unpaired) electrons. The molecule has 2 N–H and O–H groups in total. The molecule has 1 atom stereocenters. The molecule has 2 nitrogen and oxygen atoms in total. The van der Waals surface area contributed by atoms with E-state index in [-0.39, 0.29) is 0 Å². The summed E-state index contributed by atoms with van der Waals surface area (Å²) < 4.78 is 0. The average Bonchev–Trinajstić information content (AvgIpc) is 2.38. The Morgan fingerprint density at radius 1 is 1.17 bits per heavy atom. The molecule has 0 spiro atoms. The first kappa shape index (κ1) is 13.4. The van der Waals surface area contributed by atoms with E-state index in [9.17, 15) is 0 Å². The van der Waals surface area contributed by atoms with Crippen LogP contribution in [0.15, 0.2) is 6.07 Å². The summed E-state index contributed by atoms with van der Waals surface area (Å²) in [6.45, 7) is 12.3. The van der Waals surface area contributed by atoms with Crippen molar-refractivity contribution in [3.8, 4) is 0 Å². The molecule has 0 amide bonds. The topological polar surface area (TPSA) is 24.1 Å². The van der Waals surface area contributed by atoms with Crippen molar-refractivity contribution in [3.63, 3.8) is 0 Å². The number of rotatable bonds is 3. The van der Waals surface area contributed by atoms with Crippen molar-refractivity contribution in [3.05, 3.63) is 28.3 Å². The number of anilines is 1. The van der Waals surface area contributed by atoms with E-state index in [1.807, 2.05) is 0 Å². The number of piperidine rings is 1. The van der Waals surface area contributed by atoms with E-state index in [0.717, 1.165) is 19.0 Å². The zero-order valence-electron chi connectivity index (χ0n) is 12.2. The van der Waals surface area contributed by atoms with Gasteiger partial charge in [0.25, 0.3) is 0 Å². The highest BCUT2D eigenvalue weighted by Crippen LogP contribution is 2.27. The van der Waals surface area contributed by atoms with E-state index >= 15 is 0 Å². The average molecular weight is 246 g/mol. The molecule has 1 aromatic carbocycles. The lowest BCUT2D eigenvalue weighted by molar-refractivity contribution is 0.393. The minimum absolute atomic E-state index is 0.776. The van der Waals surface area contributed by atoms with Gasteiger partial charge in [-0.25, -0.2) is 0 Å². The number of aryl methyl sites for hydroxylation is 2. The Kier molecular flexibility index (Phi) is 4.28. The third-order valence-electron chi connectivity index (χ3n) is 4.33. The van der Waals surface area contributed by atoms with Gasteiger partial charge in [-0.2, -0.15) is 0 Å². The van der Waals surface area contributed by atoms with Crippen LogP contribution in [0, 0.1) is 33.6 Å². The number of hydrogen-bond donors (Lipinski definition) is 2.